The lowest BCUT2D eigenvalue weighted by Gasteiger charge is -2.12. The standard InChI is InChI=1S/C16H27N3O3/c1-19(2)11-5-9-17-16(20)18-10-8-13-12-14(21-3)6-7-15(13)22-4/h6-7,12H,5,8-11H2,1-4H3,(H2,17,18,20). The highest BCUT2D eigenvalue weighted by Crippen LogP contribution is 2.23. The minimum Gasteiger partial charge on any atom is -0.497 e. The number of benzene rings is 1. The lowest BCUT2D eigenvalue weighted by Crippen LogP contribution is -2.37. The molecule has 0 bridgehead atoms. The third-order valence-electron chi connectivity index (χ3n) is 3.24. The number of carbonyl (C=O) groups is 1. The zero-order chi connectivity index (χ0) is 16.4. The van der Waals surface area contributed by atoms with Gasteiger partial charge in [-0.3, -0.25) is 0 Å². The number of nitrogens with zero attached hydrogens (tertiary/aromatic N) is 1. The van der Waals surface area contributed by atoms with Gasteiger partial charge >= 0.3 is 6.03 Å². The quantitative estimate of drug-likeness (QED) is 0.679. The van der Waals surface area contributed by atoms with Crippen molar-refractivity contribution in [2.45, 2.75) is 12.8 Å². The predicted octanol–water partition coefficient (Wildman–Crippen LogP) is 1.50. The van der Waals surface area contributed by atoms with E-state index in [1.54, 1.807) is 14.2 Å². The van der Waals surface area contributed by atoms with E-state index in [2.05, 4.69) is 15.5 Å². The number of hydrogen-bond donors (Lipinski definition) is 2. The fourth-order valence-electron chi connectivity index (χ4n) is 2.05. The fourth-order valence-corrected chi connectivity index (χ4v) is 2.05. The average Bonchev–Trinajstić information content (AvgIpc) is 2.51. The van der Waals surface area contributed by atoms with Crippen LogP contribution in [-0.2, 0) is 6.42 Å². The third kappa shape index (κ3) is 6.67. The number of methoxy groups -OCH3 is 2. The van der Waals surface area contributed by atoms with Crippen molar-refractivity contribution >= 4 is 6.03 Å². The van der Waals surface area contributed by atoms with Gasteiger partial charge in [-0.05, 0) is 57.2 Å². The maximum atomic E-state index is 11.7. The second-order valence-corrected chi connectivity index (χ2v) is 5.27. The number of amides is 2. The van der Waals surface area contributed by atoms with Crippen LogP contribution in [-0.4, -0.2) is 58.9 Å². The highest BCUT2D eigenvalue weighted by molar-refractivity contribution is 5.73. The largest absolute Gasteiger partial charge is 0.497 e. The van der Waals surface area contributed by atoms with Gasteiger partial charge in [0.05, 0.1) is 14.2 Å². The summed E-state index contributed by atoms with van der Waals surface area (Å²) in [4.78, 5) is 13.8. The Morgan fingerprint density at radius 1 is 1.14 bits per heavy atom. The average molecular weight is 309 g/mol. The van der Waals surface area contributed by atoms with E-state index in [4.69, 9.17) is 9.47 Å². The Hall–Kier alpha value is -1.95. The van der Waals surface area contributed by atoms with Crippen LogP contribution in [0.1, 0.15) is 12.0 Å². The molecule has 6 nitrogen and oxygen atoms in total. The van der Waals surface area contributed by atoms with Crippen LogP contribution in [0.3, 0.4) is 0 Å². The van der Waals surface area contributed by atoms with E-state index in [1.807, 2.05) is 32.3 Å². The van der Waals surface area contributed by atoms with Gasteiger partial charge in [-0.1, -0.05) is 0 Å². The lowest BCUT2D eigenvalue weighted by molar-refractivity contribution is 0.240. The normalized spacial score (nSPS) is 10.4. The number of carbonyl (C=O) groups excluding carboxylic acids is 1. The van der Waals surface area contributed by atoms with Gasteiger partial charge in [0.1, 0.15) is 11.5 Å². The minimum absolute atomic E-state index is 0.138. The summed E-state index contributed by atoms with van der Waals surface area (Å²) in [6, 6.07) is 5.51. The predicted molar refractivity (Wildman–Crippen MR) is 87.8 cm³/mol. The van der Waals surface area contributed by atoms with Gasteiger partial charge in [-0.15, -0.1) is 0 Å². The van der Waals surface area contributed by atoms with Crippen LogP contribution in [0.5, 0.6) is 11.5 Å². The first-order chi connectivity index (χ1) is 10.6. The summed E-state index contributed by atoms with van der Waals surface area (Å²) in [5, 5.41) is 5.69. The van der Waals surface area contributed by atoms with Crippen molar-refractivity contribution in [3.8, 4) is 11.5 Å². The van der Waals surface area contributed by atoms with Crippen molar-refractivity contribution in [3.63, 3.8) is 0 Å². The van der Waals surface area contributed by atoms with Crippen LogP contribution >= 0.6 is 0 Å². The summed E-state index contributed by atoms with van der Waals surface area (Å²) in [5.74, 6) is 1.58. The first-order valence-electron chi connectivity index (χ1n) is 7.44. The van der Waals surface area contributed by atoms with Crippen LogP contribution in [0.2, 0.25) is 0 Å². The Balaban J connectivity index is 2.32. The number of nitrogens with one attached hydrogen (secondary N) is 2. The van der Waals surface area contributed by atoms with Crippen molar-refractivity contribution in [3.05, 3.63) is 23.8 Å². The molecule has 1 aromatic carbocycles. The molecule has 124 valence electrons. The molecule has 0 heterocycles. The van der Waals surface area contributed by atoms with E-state index in [1.165, 1.54) is 0 Å². The van der Waals surface area contributed by atoms with Crippen molar-refractivity contribution in [2.24, 2.45) is 0 Å². The molecule has 22 heavy (non-hydrogen) atoms. The van der Waals surface area contributed by atoms with E-state index >= 15 is 0 Å². The monoisotopic (exact) mass is 309 g/mol. The molecular weight excluding hydrogens is 282 g/mol. The van der Waals surface area contributed by atoms with E-state index in [-0.39, 0.29) is 6.03 Å². The van der Waals surface area contributed by atoms with Crippen molar-refractivity contribution in [1.29, 1.82) is 0 Å². The fraction of sp³-hybridized carbons (Fsp3) is 0.562. The molecule has 2 N–H and O–H groups in total. The van der Waals surface area contributed by atoms with Crippen LogP contribution in [0, 0.1) is 0 Å². The summed E-state index contributed by atoms with van der Waals surface area (Å²) in [7, 11) is 7.30. The van der Waals surface area contributed by atoms with Crippen molar-refractivity contribution < 1.29 is 14.3 Å². The summed E-state index contributed by atoms with van der Waals surface area (Å²) in [6.45, 7) is 2.18. The Labute approximate surface area is 132 Å². The van der Waals surface area contributed by atoms with Gasteiger partial charge < -0.3 is 25.0 Å². The minimum atomic E-state index is -0.138. The first kappa shape index (κ1) is 18.1. The Kier molecular flexibility index (Phi) is 8.14. The molecular formula is C16H27N3O3. The van der Waals surface area contributed by atoms with Crippen molar-refractivity contribution in [2.75, 3.05) is 47.9 Å². The molecule has 0 saturated carbocycles. The number of ether oxygens (including phenoxy) is 2. The molecule has 1 rings (SSSR count). The lowest BCUT2D eigenvalue weighted by atomic mass is 10.1. The van der Waals surface area contributed by atoms with Crippen LogP contribution in [0.4, 0.5) is 4.79 Å². The summed E-state index contributed by atoms with van der Waals surface area (Å²) < 4.78 is 10.5. The van der Waals surface area contributed by atoms with Gasteiger partial charge in [-0.25, -0.2) is 4.79 Å². The second kappa shape index (κ2) is 9.89. The van der Waals surface area contributed by atoms with E-state index < -0.39 is 0 Å². The molecule has 0 aliphatic carbocycles. The van der Waals surface area contributed by atoms with E-state index in [9.17, 15) is 4.79 Å². The van der Waals surface area contributed by atoms with Gasteiger partial charge in [0.15, 0.2) is 0 Å². The molecule has 0 radical (unpaired) electrons. The van der Waals surface area contributed by atoms with Crippen LogP contribution in [0.25, 0.3) is 0 Å². The molecule has 0 unspecified atom stereocenters. The molecule has 0 spiro atoms. The second-order valence-electron chi connectivity index (χ2n) is 5.27. The van der Waals surface area contributed by atoms with E-state index in [0.29, 0.717) is 19.5 Å². The van der Waals surface area contributed by atoms with Gasteiger partial charge in [0.2, 0.25) is 0 Å². The summed E-state index contributed by atoms with van der Waals surface area (Å²) in [6.07, 6.45) is 1.62. The molecule has 0 fully saturated rings. The van der Waals surface area contributed by atoms with E-state index in [0.717, 1.165) is 30.0 Å². The maximum Gasteiger partial charge on any atom is 0.314 e. The number of rotatable bonds is 9. The highest BCUT2D eigenvalue weighted by Gasteiger charge is 2.06. The van der Waals surface area contributed by atoms with Gasteiger partial charge in [-0.2, -0.15) is 0 Å². The first-order valence-corrected chi connectivity index (χ1v) is 7.44. The van der Waals surface area contributed by atoms with Crippen LogP contribution < -0.4 is 20.1 Å². The number of hydrogen-bond acceptors (Lipinski definition) is 4. The molecule has 6 heteroatoms. The topological polar surface area (TPSA) is 62.8 Å². The smallest absolute Gasteiger partial charge is 0.314 e. The SMILES string of the molecule is COc1ccc(OC)c(CCNC(=O)NCCCN(C)C)c1. The van der Waals surface area contributed by atoms with Crippen molar-refractivity contribution in [1.82, 2.24) is 15.5 Å². The summed E-state index contributed by atoms with van der Waals surface area (Å²) in [5.41, 5.74) is 1.01. The van der Waals surface area contributed by atoms with Gasteiger partial charge in [0, 0.05) is 13.1 Å². The highest BCUT2D eigenvalue weighted by atomic mass is 16.5. The molecule has 2 amide bonds. The Morgan fingerprint density at radius 3 is 2.50 bits per heavy atom. The Bertz CT molecular complexity index is 464. The molecule has 0 aliphatic rings. The molecule has 0 aliphatic heterocycles. The molecule has 0 aromatic heterocycles. The zero-order valence-electron chi connectivity index (χ0n) is 13.9. The Morgan fingerprint density at radius 2 is 1.86 bits per heavy atom. The zero-order valence-corrected chi connectivity index (χ0v) is 13.9. The van der Waals surface area contributed by atoms with Crippen LogP contribution in [0.15, 0.2) is 18.2 Å². The van der Waals surface area contributed by atoms with Gasteiger partial charge in [0.25, 0.3) is 0 Å². The molecule has 0 atom stereocenters. The molecule has 1 aromatic rings. The third-order valence-corrected chi connectivity index (χ3v) is 3.24. The number of urea groups is 1. The molecule has 0 saturated heterocycles. The summed E-state index contributed by atoms with van der Waals surface area (Å²) >= 11 is 0. The maximum absolute atomic E-state index is 11.7.